The summed E-state index contributed by atoms with van der Waals surface area (Å²) in [6.45, 7) is 8.29. The highest BCUT2D eigenvalue weighted by Gasteiger charge is 2.18. The Balaban J connectivity index is 2.06. The molecule has 1 N–H and O–H groups in total. The van der Waals surface area contributed by atoms with Crippen LogP contribution in [0.5, 0.6) is 5.75 Å². The molecule has 0 aliphatic heterocycles. The average molecular weight is 417 g/mol. The van der Waals surface area contributed by atoms with Crippen molar-refractivity contribution in [2.24, 2.45) is 0 Å². The van der Waals surface area contributed by atoms with Crippen molar-refractivity contribution in [3.05, 3.63) is 28.8 Å². The zero-order chi connectivity index (χ0) is 22.2. The van der Waals surface area contributed by atoms with Crippen LogP contribution in [0.3, 0.4) is 0 Å². The van der Waals surface area contributed by atoms with Crippen LogP contribution in [0.15, 0.2) is 12.1 Å². The Bertz CT molecular complexity index is 589. The summed E-state index contributed by atoms with van der Waals surface area (Å²) in [6, 6.07) is 3.91. The molecule has 0 fully saturated rings. The number of unbranched alkanes of at least 4 members (excludes halogenated alkanes) is 14. The van der Waals surface area contributed by atoms with Gasteiger partial charge in [0, 0.05) is 6.42 Å². The fraction of sp³-hybridized carbons (Fsp3) is 0.750. The lowest BCUT2D eigenvalue weighted by atomic mass is 9.92. The van der Waals surface area contributed by atoms with E-state index in [4.69, 9.17) is 0 Å². The molecule has 0 aliphatic carbocycles. The second kappa shape index (κ2) is 16.4. The molecule has 0 saturated carbocycles. The summed E-state index contributed by atoms with van der Waals surface area (Å²) in [5, 5.41) is 10.5. The van der Waals surface area contributed by atoms with Crippen molar-refractivity contribution in [1.29, 1.82) is 0 Å². The van der Waals surface area contributed by atoms with E-state index < -0.39 is 0 Å². The Morgan fingerprint density at radius 1 is 0.767 bits per heavy atom. The van der Waals surface area contributed by atoms with Crippen molar-refractivity contribution in [3.63, 3.8) is 0 Å². The predicted molar refractivity (Wildman–Crippen MR) is 131 cm³/mol. The molecule has 1 aromatic rings. The maximum Gasteiger partial charge on any atom is 0.166 e. The number of hydrogen-bond acceptors (Lipinski definition) is 2. The highest BCUT2D eigenvalue weighted by molar-refractivity contribution is 6.00. The molecule has 0 amide bonds. The van der Waals surface area contributed by atoms with Gasteiger partial charge >= 0.3 is 0 Å². The molecule has 0 radical (unpaired) electrons. The monoisotopic (exact) mass is 416 g/mol. The molecular weight excluding hydrogens is 368 g/mol. The quantitative estimate of drug-likeness (QED) is 0.191. The van der Waals surface area contributed by atoms with Crippen molar-refractivity contribution in [3.8, 4) is 5.75 Å². The number of phenolic OH excluding ortho intramolecular Hbond substituents is 1. The number of ketones is 1. The van der Waals surface area contributed by atoms with Crippen LogP contribution in [-0.2, 0) is 0 Å². The van der Waals surface area contributed by atoms with Gasteiger partial charge in [-0.15, -0.1) is 0 Å². The van der Waals surface area contributed by atoms with E-state index in [0.29, 0.717) is 12.0 Å². The molecule has 0 aromatic heterocycles. The second-order valence-electron chi connectivity index (χ2n) is 9.47. The van der Waals surface area contributed by atoms with Crippen LogP contribution < -0.4 is 0 Å². The maximum absolute atomic E-state index is 12.6. The first-order valence-corrected chi connectivity index (χ1v) is 12.8. The van der Waals surface area contributed by atoms with E-state index in [1.165, 1.54) is 83.5 Å². The summed E-state index contributed by atoms with van der Waals surface area (Å²) in [7, 11) is 0. The number of aromatic hydroxyl groups is 1. The fourth-order valence-corrected chi connectivity index (χ4v) is 4.31. The molecule has 1 aromatic carbocycles. The van der Waals surface area contributed by atoms with Gasteiger partial charge in [-0.1, -0.05) is 123 Å². The van der Waals surface area contributed by atoms with Gasteiger partial charge in [-0.25, -0.2) is 0 Å². The number of hydrogen-bond donors (Lipinski definition) is 1. The van der Waals surface area contributed by atoms with E-state index >= 15 is 0 Å². The molecule has 0 saturated heterocycles. The largest absolute Gasteiger partial charge is 0.507 e. The van der Waals surface area contributed by atoms with Gasteiger partial charge in [-0.05, 0) is 30.4 Å². The number of phenols is 1. The van der Waals surface area contributed by atoms with Crippen molar-refractivity contribution < 1.29 is 9.90 Å². The maximum atomic E-state index is 12.6. The van der Waals surface area contributed by atoms with E-state index in [9.17, 15) is 9.90 Å². The van der Waals surface area contributed by atoms with Crippen molar-refractivity contribution >= 4 is 5.78 Å². The molecule has 0 bridgehead atoms. The van der Waals surface area contributed by atoms with Crippen LogP contribution in [0.4, 0.5) is 0 Å². The lowest BCUT2D eigenvalue weighted by Crippen LogP contribution is -2.05. The minimum absolute atomic E-state index is 0.0993. The number of rotatable bonds is 18. The summed E-state index contributed by atoms with van der Waals surface area (Å²) in [5.74, 6) is 0.529. The minimum Gasteiger partial charge on any atom is -0.507 e. The Morgan fingerprint density at radius 2 is 1.20 bits per heavy atom. The van der Waals surface area contributed by atoms with E-state index in [2.05, 4.69) is 6.92 Å². The topological polar surface area (TPSA) is 37.3 Å². The molecule has 172 valence electrons. The Labute approximate surface area is 186 Å². The van der Waals surface area contributed by atoms with Crippen LogP contribution in [0.1, 0.15) is 151 Å². The van der Waals surface area contributed by atoms with Crippen LogP contribution in [0, 0.1) is 6.92 Å². The third kappa shape index (κ3) is 10.6. The number of benzene rings is 1. The van der Waals surface area contributed by atoms with Crippen molar-refractivity contribution in [1.82, 2.24) is 0 Å². The number of aryl methyl sites for hydroxylation is 1. The van der Waals surface area contributed by atoms with Gasteiger partial charge in [0.15, 0.2) is 5.78 Å². The molecule has 0 spiro atoms. The molecule has 0 unspecified atom stereocenters. The summed E-state index contributed by atoms with van der Waals surface area (Å²) in [4.78, 5) is 12.6. The Morgan fingerprint density at radius 3 is 1.63 bits per heavy atom. The molecular formula is C28H48O2. The van der Waals surface area contributed by atoms with Crippen LogP contribution in [0.25, 0.3) is 0 Å². The van der Waals surface area contributed by atoms with Crippen LogP contribution in [-0.4, -0.2) is 10.9 Å². The summed E-state index contributed by atoms with van der Waals surface area (Å²) in [5.41, 5.74) is 2.31. The third-order valence-corrected chi connectivity index (χ3v) is 6.33. The zero-order valence-electron chi connectivity index (χ0n) is 20.4. The van der Waals surface area contributed by atoms with Gasteiger partial charge < -0.3 is 5.11 Å². The third-order valence-electron chi connectivity index (χ3n) is 6.33. The van der Waals surface area contributed by atoms with Gasteiger partial charge in [-0.2, -0.15) is 0 Å². The van der Waals surface area contributed by atoms with Gasteiger partial charge in [0.25, 0.3) is 0 Å². The zero-order valence-corrected chi connectivity index (χ0v) is 20.4. The average Bonchev–Trinajstić information content (AvgIpc) is 2.70. The van der Waals surface area contributed by atoms with Gasteiger partial charge in [0.05, 0.1) is 5.56 Å². The number of Topliss-reactive ketones (excluding diaryl/α,β-unsaturated/α-hetero) is 1. The van der Waals surface area contributed by atoms with E-state index in [-0.39, 0.29) is 17.5 Å². The van der Waals surface area contributed by atoms with Crippen molar-refractivity contribution in [2.75, 3.05) is 0 Å². The van der Waals surface area contributed by atoms with E-state index in [0.717, 1.165) is 24.0 Å². The Kier molecular flexibility index (Phi) is 14.6. The smallest absolute Gasteiger partial charge is 0.166 e. The molecule has 1 rings (SSSR count). The molecule has 0 aliphatic rings. The van der Waals surface area contributed by atoms with E-state index in [1.807, 2.05) is 32.9 Å². The molecule has 2 nitrogen and oxygen atoms in total. The fourth-order valence-electron chi connectivity index (χ4n) is 4.31. The summed E-state index contributed by atoms with van der Waals surface area (Å²) >= 11 is 0. The minimum atomic E-state index is 0.0993. The highest BCUT2D eigenvalue weighted by Crippen LogP contribution is 2.32. The molecule has 30 heavy (non-hydrogen) atoms. The van der Waals surface area contributed by atoms with Crippen LogP contribution in [0.2, 0.25) is 0 Å². The van der Waals surface area contributed by atoms with Gasteiger partial charge in [0.2, 0.25) is 0 Å². The highest BCUT2D eigenvalue weighted by atomic mass is 16.3. The molecule has 0 atom stereocenters. The van der Waals surface area contributed by atoms with Gasteiger partial charge in [-0.3, -0.25) is 4.79 Å². The predicted octanol–water partition coefficient (Wildman–Crippen LogP) is 9.27. The summed E-state index contributed by atoms with van der Waals surface area (Å²) in [6.07, 6.45) is 20.5. The van der Waals surface area contributed by atoms with Crippen LogP contribution >= 0.6 is 0 Å². The normalized spacial score (nSPS) is 11.4. The number of carbonyl (C=O) groups is 1. The lowest BCUT2D eigenvalue weighted by Gasteiger charge is -2.14. The first-order chi connectivity index (χ1) is 14.5. The number of carbonyl (C=O) groups excluding carboxylic acids is 1. The van der Waals surface area contributed by atoms with Gasteiger partial charge in [0.1, 0.15) is 5.75 Å². The first kappa shape index (κ1) is 26.7. The van der Waals surface area contributed by atoms with Crippen molar-refractivity contribution in [2.45, 2.75) is 136 Å². The Hall–Kier alpha value is -1.31. The molecule has 2 heteroatoms. The van der Waals surface area contributed by atoms with E-state index in [1.54, 1.807) is 0 Å². The molecule has 0 heterocycles. The lowest BCUT2D eigenvalue weighted by molar-refractivity contribution is 0.0975. The SMILES string of the molecule is CCCCCCCCCCCCCCCCCC(=O)c1c(C)ccc(C(C)C)c1O. The first-order valence-electron chi connectivity index (χ1n) is 12.8. The second-order valence-corrected chi connectivity index (χ2v) is 9.47. The standard InChI is InChI=1S/C28H48O2/c1-5-6-7-8-9-10-11-12-13-14-15-16-17-18-19-20-26(29)27-24(4)21-22-25(23(2)3)28(27)30/h21-23,30H,5-20H2,1-4H3. The summed E-state index contributed by atoms with van der Waals surface area (Å²) < 4.78 is 0.